The summed E-state index contributed by atoms with van der Waals surface area (Å²) in [5.41, 5.74) is 2.81. The molecule has 1 unspecified atom stereocenters. The summed E-state index contributed by atoms with van der Waals surface area (Å²) in [6.45, 7) is 2.40. The second-order valence-corrected chi connectivity index (χ2v) is 8.30. The van der Waals surface area contributed by atoms with Crippen LogP contribution in [0.15, 0.2) is 77.3 Å². The van der Waals surface area contributed by atoms with Crippen molar-refractivity contribution in [2.24, 2.45) is 5.92 Å². The van der Waals surface area contributed by atoms with Crippen LogP contribution in [0.1, 0.15) is 12.8 Å². The number of hydrogen-bond donors (Lipinski definition) is 0. The molecule has 2 nitrogen and oxygen atoms in total. The topological polar surface area (TPSA) is 6.48 Å². The second kappa shape index (κ2) is 8.35. The molecule has 0 spiro atoms. The van der Waals surface area contributed by atoms with Crippen LogP contribution in [0, 0.1) is 5.92 Å². The number of allylic oxidation sites excluding steroid dienone is 2. The van der Waals surface area contributed by atoms with E-state index in [9.17, 15) is 0 Å². The summed E-state index contributed by atoms with van der Waals surface area (Å²) in [5.74, 6) is 0.666. The minimum Gasteiger partial charge on any atom is -0.306 e. The van der Waals surface area contributed by atoms with Gasteiger partial charge in [0.05, 0.1) is 5.69 Å². The minimum absolute atomic E-state index is 0. The Morgan fingerprint density at radius 1 is 0.880 bits per heavy atom. The number of halogens is 1. The molecule has 25 heavy (non-hydrogen) atoms. The molecule has 2 aromatic carbocycles. The maximum absolute atomic E-state index is 2.57. The molecule has 1 saturated heterocycles. The first-order chi connectivity index (χ1) is 11.8. The molecule has 0 aromatic heterocycles. The zero-order valence-corrected chi connectivity index (χ0v) is 17.1. The van der Waals surface area contributed by atoms with Gasteiger partial charge in [-0.05, 0) is 68.7 Å². The third kappa shape index (κ3) is 3.91. The molecule has 1 fully saturated rings. The monoisotopic (exact) mass is 416 g/mol. The van der Waals surface area contributed by atoms with Gasteiger partial charge in [0.2, 0.25) is 0 Å². The smallest absolute Gasteiger partial charge is 0.0519 e. The fourth-order valence-electron chi connectivity index (χ4n) is 3.55. The van der Waals surface area contributed by atoms with E-state index in [1.54, 1.807) is 0 Å². The van der Waals surface area contributed by atoms with Crippen molar-refractivity contribution in [3.05, 3.63) is 72.4 Å². The van der Waals surface area contributed by atoms with Crippen molar-refractivity contribution in [1.29, 1.82) is 0 Å². The molecule has 2 aromatic rings. The van der Waals surface area contributed by atoms with Gasteiger partial charge in [0.25, 0.3) is 0 Å². The standard InChI is InChI=1S/C21H24N2S.BrH/c1-22-15-12-18(13-16-22)21-14-17-24(20-10-6-3-7-11-20)23(21)19-8-4-2-5-9-19;/h2-11,14,17-18H,12-13,15-16H2,1H3;1H. The van der Waals surface area contributed by atoms with Crippen molar-refractivity contribution in [2.75, 3.05) is 24.4 Å². The van der Waals surface area contributed by atoms with Crippen LogP contribution in [0.2, 0.25) is 0 Å². The fraction of sp³-hybridized carbons (Fsp3) is 0.286. The summed E-state index contributed by atoms with van der Waals surface area (Å²) in [6.07, 6.45) is 4.90. The van der Waals surface area contributed by atoms with E-state index in [4.69, 9.17) is 0 Å². The SMILES string of the molecule is Br.CN1CCC(C2=CC=S(c3ccccc3)N2c2ccccc2)CC1. The first kappa shape index (κ1) is 18.4. The minimum atomic E-state index is -0.0178. The maximum atomic E-state index is 2.57. The Morgan fingerprint density at radius 3 is 2.12 bits per heavy atom. The number of nitrogens with zero attached hydrogens (tertiary/aromatic N) is 2. The number of rotatable bonds is 3. The van der Waals surface area contributed by atoms with Crippen LogP contribution in [-0.4, -0.2) is 30.4 Å². The highest BCUT2D eigenvalue weighted by atomic mass is 79.9. The fourth-order valence-corrected chi connectivity index (χ4v) is 5.53. The van der Waals surface area contributed by atoms with E-state index in [1.165, 1.54) is 42.2 Å². The van der Waals surface area contributed by atoms with Gasteiger partial charge in [0, 0.05) is 16.5 Å². The molecule has 0 radical (unpaired) electrons. The summed E-state index contributed by atoms with van der Waals surface area (Å²) in [6, 6.07) is 21.8. The Balaban J connectivity index is 0.00000182. The molecule has 2 aliphatic rings. The van der Waals surface area contributed by atoms with Crippen LogP contribution in [0.5, 0.6) is 0 Å². The van der Waals surface area contributed by atoms with Crippen LogP contribution in [0.25, 0.3) is 0 Å². The van der Waals surface area contributed by atoms with Crippen molar-refractivity contribution < 1.29 is 0 Å². The molecule has 132 valence electrons. The predicted octanol–water partition coefficient (Wildman–Crippen LogP) is 5.36. The van der Waals surface area contributed by atoms with E-state index in [1.807, 2.05) is 0 Å². The van der Waals surface area contributed by atoms with Crippen molar-refractivity contribution in [3.63, 3.8) is 0 Å². The van der Waals surface area contributed by atoms with Gasteiger partial charge in [-0.1, -0.05) is 47.1 Å². The van der Waals surface area contributed by atoms with E-state index in [-0.39, 0.29) is 27.7 Å². The molecule has 2 aliphatic heterocycles. The lowest BCUT2D eigenvalue weighted by Gasteiger charge is -2.35. The van der Waals surface area contributed by atoms with Gasteiger partial charge in [0.15, 0.2) is 0 Å². The molecule has 0 amide bonds. The van der Waals surface area contributed by atoms with Crippen molar-refractivity contribution >= 4 is 38.7 Å². The van der Waals surface area contributed by atoms with Gasteiger partial charge >= 0.3 is 0 Å². The van der Waals surface area contributed by atoms with Crippen LogP contribution in [0.4, 0.5) is 5.69 Å². The maximum Gasteiger partial charge on any atom is 0.0519 e. The normalized spacial score (nSPS) is 21.4. The van der Waals surface area contributed by atoms with Gasteiger partial charge in [-0.15, -0.1) is 17.0 Å². The van der Waals surface area contributed by atoms with Gasteiger partial charge in [-0.2, -0.15) is 0 Å². The van der Waals surface area contributed by atoms with Crippen LogP contribution in [0.3, 0.4) is 0 Å². The molecule has 4 heteroatoms. The quantitative estimate of drug-likeness (QED) is 0.621. The lowest BCUT2D eigenvalue weighted by molar-refractivity contribution is 0.238. The number of hydrogen-bond acceptors (Lipinski definition) is 2. The summed E-state index contributed by atoms with van der Waals surface area (Å²) in [5, 5.41) is 2.40. The molecule has 1 atom stereocenters. The molecular weight excluding hydrogens is 392 g/mol. The number of para-hydroxylation sites is 1. The highest BCUT2D eigenvalue weighted by Gasteiger charge is 2.29. The summed E-state index contributed by atoms with van der Waals surface area (Å²) >= 11 is 0. The molecule has 0 aliphatic carbocycles. The van der Waals surface area contributed by atoms with Gasteiger partial charge in [-0.25, -0.2) is 0 Å². The summed E-state index contributed by atoms with van der Waals surface area (Å²) in [4.78, 5) is 3.83. The lowest BCUT2D eigenvalue weighted by Crippen LogP contribution is -2.33. The largest absolute Gasteiger partial charge is 0.306 e. The Kier molecular flexibility index (Phi) is 6.15. The van der Waals surface area contributed by atoms with Gasteiger partial charge in [-0.3, -0.25) is 4.31 Å². The van der Waals surface area contributed by atoms with E-state index in [2.05, 4.69) is 88.4 Å². The number of piperidine rings is 1. The second-order valence-electron chi connectivity index (χ2n) is 6.56. The summed E-state index contributed by atoms with van der Waals surface area (Å²) < 4.78 is 2.57. The highest BCUT2D eigenvalue weighted by molar-refractivity contribution is 8.93. The molecule has 4 rings (SSSR count). The molecular formula is C21H25BrN2S. The van der Waals surface area contributed by atoms with Crippen LogP contribution < -0.4 is 4.31 Å². The third-order valence-electron chi connectivity index (χ3n) is 4.91. The highest BCUT2D eigenvalue weighted by Crippen LogP contribution is 2.45. The Labute approximate surface area is 164 Å². The van der Waals surface area contributed by atoms with Crippen molar-refractivity contribution in [3.8, 4) is 0 Å². The Bertz CT molecular complexity index is 750. The average Bonchev–Trinajstić information content (AvgIpc) is 3.09. The first-order valence-electron chi connectivity index (χ1n) is 8.70. The molecule has 0 saturated carbocycles. The van der Waals surface area contributed by atoms with E-state index >= 15 is 0 Å². The first-order valence-corrected chi connectivity index (χ1v) is 9.94. The van der Waals surface area contributed by atoms with E-state index in [0.29, 0.717) is 5.92 Å². The molecule has 2 heterocycles. The zero-order chi connectivity index (χ0) is 16.4. The van der Waals surface area contributed by atoms with Crippen LogP contribution >= 0.6 is 27.7 Å². The lowest BCUT2D eigenvalue weighted by atomic mass is 9.93. The van der Waals surface area contributed by atoms with Crippen molar-refractivity contribution in [2.45, 2.75) is 17.7 Å². The number of likely N-dealkylation sites (tertiary alicyclic amines) is 1. The van der Waals surface area contributed by atoms with Gasteiger partial charge in [0.1, 0.15) is 0 Å². The third-order valence-corrected chi connectivity index (χ3v) is 6.88. The number of benzene rings is 2. The predicted molar refractivity (Wildman–Crippen MR) is 116 cm³/mol. The molecule has 0 N–H and O–H groups in total. The average molecular weight is 417 g/mol. The van der Waals surface area contributed by atoms with Crippen LogP contribution in [-0.2, 0) is 0 Å². The molecule has 0 bridgehead atoms. The Hall–Kier alpha value is -1.36. The van der Waals surface area contributed by atoms with E-state index < -0.39 is 0 Å². The summed E-state index contributed by atoms with van der Waals surface area (Å²) in [7, 11) is 2.21. The number of anilines is 1. The Morgan fingerprint density at radius 2 is 1.48 bits per heavy atom. The van der Waals surface area contributed by atoms with Gasteiger partial charge < -0.3 is 4.90 Å². The van der Waals surface area contributed by atoms with Crippen molar-refractivity contribution in [1.82, 2.24) is 4.90 Å². The zero-order valence-electron chi connectivity index (χ0n) is 14.5. The van der Waals surface area contributed by atoms with E-state index in [0.717, 1.165) is 0 Å².